The maximum absolute atomic E-state index is 12.0. The molecule has 1 aromatic rings. The van der Waals surface area contributed by atoms with Crippen LogP contribution in [-0.2, 0) is 11.3 Å². The average molecular weight is 262 g/mol. The van der Waals surface area contributed by atoms with Crippen molar-refractivity contribution in [3.63, 3.8) is 0 Å². The van der Waals surface area contributed by atoms with E-state index in [0.717, 1.165) is 18.5 Å². The topological polar surface area (TPSA) is 41.1 Å². The van der Waals surface area contributed by atoms with Crippen LogP contribution in [0.2, 0.25) is 0 Å². The molecule has 3 nitrogen and oxygen atoms in total. The van der Waals surface area contributed by atoms with E-state index in [4.69, 9.17) is 0 Å². The second kappa shape index (κ2) is 7.95. The summed E-state index contributed by atoms with van der Waals surface area (Å²) in [7, 11) is 1.88. The standard InChI is InChI=1S/C16H26N2O/c1-5-14(11-17-4)16(19)18-10-13-6-8-15(9-7-13)12(2)3/h6-9,12,14,17H,5,10-11H2,1-4H3,(H,18,19). The summed E-state index contributed by atoms with van der Waals surface area (Å²) in [6.45, 7) is 7.74. The predicted molar refractivity (Wildman–Crippen MR) is 80.1 cm³/mol. The molecule has 1 amide bonds. The highest BCUT2D eigenvalue weighted by atomic mass is 16.1. The summed E-state index contributed by atoms with van der Waals surface area (Å²) < 4.78 is 0. The molecule has 0 aliphatic carbocycles. The van der Waals surface area contributed by atoms with Crippen molar-refractivity contribution in [2.45, 2.75) is 39.7 Å². The zero-order valence-corrected chi connectivity index (χ0v) is 12.5. The third kappa shape index (κ3) is 5.03. The van der Waals surface area contributed by atoms with Gasteiger partial charge in [0.2, 0.25) is 5.91 Å². The summed E-state index contributed by atoms with van der Waals surface area (Å²) in [6, 6.07) is 8.46. The van der Waals surface area contributed by atoms with Crippen molar-refractivity contribution in [1.82, 2.24) is 10.6 Å². The molecule has 0 spiro atoms. The lowest BCUT2D eigenvalue weighted by molar-refractivity contribution is -0.125. The second-order valence-electron chi connectivity index (χ2n) is 5.28. The van der Waals surface area contributed by atoms with E-state index in [-0.39, 0.29) is 11.8 Å². The van der Waals surface area contributed by atoms with Crippen LogP contribution in [0.5, 0.6) is 0 Å². The Morgan fingerprint density at radius 3 is 2.32 bits per heavy atom. The summed E-state index contributed by atoms with van der Waals surface area (Å²) in [5.41, 5.74) is 2.48. The number of carbonyl (C=O) groups is 1. The first-order valence-electron chi connectivity index (χ1n) is 7.09. The highest BCUT2D eigenvalue weighted by Crippen LogP contribution is 2.14. The molecule has 0 bridgehead atoms. The summed E-state index contributed by atoms with van der Waals surface area (Å²) in [5, 5.41) is 6.06. The number of benzene rings is 1. The minimum absolute atomic E-state index is 0.0555. The Hall–Kier alpha value is -1.35. The van der Waals surface area contributed by atoms with Gasteiger partial charge in [-0.25, -0.2) is 0 Å². The van der Waals surface area contributed by atoms with Crippen molar-refractivity contribution < 1.29 is 4.79 Å². The summed E-state index contributed by atoms with van der Waals surface area (Å²) in [4.78, 5) is 12.0. The molecule has 0 aliphatic heterocycles. The SMILES string of the molecule is CCC(CNC)C(=O)NCc1ccc(C(C)C)cc1. The van der Waals surface area contributed by atoms with Crippen LogP contribution >= 0.6 is 0 Å². The van der Waals surface area contributed by atoms with E-state index in [2.05, 4.69) is 48.7 Å². The normalized spacial score (nSPS) is 12.5. The fourth-order valence-electron chi connectivity index (χ4n) is 2.02. The molecule has 1 aromatic carbocycles. The van der Waals surface area contributed by atoms with Crippen LogP contribution in [0.25, 0.3) is 0 Å². The Morgan fingerprint density at radius 2 is 1.84 bits per heavy atom. The Balaban J connectivity index is 2.49. The van der Waals surface area contributed by atoms with E-state index >= 15 is 0 Å². The Labute approximate surface area is 116 Å². The summed E-state index contributed by atoms with van der Waals surface area (Å²) >= 11 is 0. The van der Waals surface area contributed by atoms with Gasteiger partial charge in [0.05, 0.1) is 5.92 Å². The largest absolute Gasteiger partial charge is 0.352 e. The maximum atomic E-state index is 12.0. The number of amides is 1. The van der Waals surface area contributed by atoms with Crippen LogP contribution < -0.4 is 10.6 Å². The number of hydrogen-bond donors (Lipinski definition) is 2. The van der Waals surface area contributed by atoms with Crippen molar-refractivity contribution in [3.8, 4) is 0 Å². The van der Waals surface area contributed by atoms with E-state index in [0.29, 0.717) is 12.5 Å². The molecule has 0 radical (unpaired) electrons. The van der Waals surface area contributed by atoms with Crippen molar-refractivity contribution in [1.29, 1.82) is 0 Å². The van der Waals surface area contributed by atoms with Gasteiger partial charge >= 0.3 is 0 Å². The van der Waals surface area contributed by atoms with Gasteiger partial charge in [0.15, 0.2) is 0 Å². The first-order chi connectivity index (χ1) is 9.08. The average Bonchev–Trinajstić information content (AvgIpc) is 2.42. The number of carbonyl (C=O) groups excluding carboxylic acids is 1. The zero-order valence-electron chi connectivity index (χ0n) is 12.5. The second-order valence-corrected chi connectivity index (χ2v) is 5.28. The third-order valence-corrected chi connectivity index (χ3v) is 3.43. The molecular formula is C16H26N2O. The highest BCUT2D eigenvalue weighted by Gasteiger charge is 2.14. The van der Waals surface area contributed by atoms with Gasteiger partial charge in [0.25, 0.3) is 0 Å². The summed E-state index contributed by atoms with van der Waals surface area (Å²) in [6.07, 6.45) is 0.860. The van der Waals surface area contributed by atoms with E-state index in [1.54, 1.807) is 0 Å². The molecule has 1 rings (SSSR count). The van der Waals surface area contributed by atoms with Gasteiger partial charge in [-0.2, -0.15) is 0 Å². The Kier molecular flexibility index (Phi) is 6.57. The first kappa shape index (κ1) is 15.7. The van der Waals surface area contributed by atoms with E-state index < -0.39 is 0 Å². The third-order valence-electron chi connectivity index (χ3n) is 3.43. The molecule has 19 heavy (non-hydrogen) atoms. The minimum Gasteiger partial charge on any atom is -0.352 e. The highest BCUT2D eigenvalue weighted by molar-refractivity contribution is 5.78. The van der Waals surface area contributed by atoms with Gasteiger partial charge < -0.3 is 10.6 Å². The van der Waals surface area contributed by atoms with Crippen molar-refractivity contribution in [3.05, 3.63) is 35.4 Å². The van der Waals surface area contributed by atoms with Crippen molar-refractivity contribution in [2.75, 3.05) is 13.6 Å². The number of hydrogen-bond acceptors (Lipinski definition) is 2. The fourth-order valence-corrected chi connectivity index (χ4v) is 2.02. The molecule has 106 valence electrons. The van der Waals surface area contributed by atoms with Gasteiger partial charge in [-0.3, -0.25) is 4.79 Å². The molecule has 3 heteroatoms. The lowest BCUT2D eigenvalue weighted by Crippen LogP contribution is -2.35. The maximum Gasteiger partial charge on any atom is 0.224 e. The Bertz CT molecular complexity index is 384. The van der Waals surface area contributed by atoms with Crippen LogP contribution in [0.3, 0.4) is 0 Å². The van der Waals surface area contributed by atoms with Gasteiger partial charge in [-0.1, -0.05) is 45.0 Å². The van der Waals surface area contributed by atoms with Crippen LogP contribution in [0.1, 0.15) is 44.2 Å². The van der Waals surface area contributed by atoms with E-state index in [1.807, 2.05) is 14.0 Å². The number of rotatable bonds is 7. The molecule has 0 saturated carbocycles. The molecule has 0 heterocycles. The van der Waals surface area contributed by atoms with E-state index in [1.165, 1.54) is 5.56 Å². The molecule has 0 saturated heterocycles. The molecule has 0 aromatic heterocycles. The molecule has 2 N–H and O–H groups in total. The molecule has 0 aliphatic rings. The smallest absolute Gasteiger partial charge is 0.224 e. The minimum atomic E-state index is 0.0555. The molecule has 1 unspecified atom stereocenters. The van der Waals surface area contributed by atoms with Crippen LogP contribution in [-0.4, -0.2) is 19.5 Å². The van der Waals surface area contributed by atoms with Crippen LogP contribution in [0.4, 0.5) is 0 Å². The van der Waals surface area contributed by atoms with Crippen molar-refractivity contribution in [2.24, 2.45) is 5.92 Å². The molecular weight excluding hydrogens is 236 g/mol. The van der Waals surface area contributed by atoms with Gasteiger partial charge in [0.1, 0.15) is 0 Å². The zero-order chi connectivity index (χ0) is 14.3. The Morgan fingerprint density at radius 1 is 1.21 bits per heavy atom. The first-order valence-corrected chi connectivity index (χ1v) is 7.09. The van der Waals surface area contributed by atoms with Crippen molar-refractivity contribution >= 4 is 5.91 Å². The lowest BCUT2D eigenvalue weighted by Gasteiger charge is -2.14. The molecule has 1 atom stereocenters. The van der Waals surface area contributed by atoms with Gasteiger partial charge in [0, 0.05) is 13.1 Å². The number of nitrogens with one attached hydrogen (secondary N) is 2. The predicted octanol–water partition coefficient (Wildman–Crippen LogP) is 2.67. The van der Waals surface area contributed by atoms with Crippen LogP contribution in [0, 0.1) is 5.92 Å². The fraction of sp³-hybridized carbons (Fsp3) is 0.562. The monoisotopic (exact) mass is 262 g/mol. The van der Waals surface area contributed by atoms with Gasteiger partial charge in [-0.05, 0) is 30.5 Å². The van der Waals surface area contributed by atoms with Gasteiger partial charge in [-0.15, -0.1) is 0 Å². The van der Waals surface area contributed by atoms with Crippen LogP contribution in [0.15, 0.2) is 24.3 Å². The lowest BCUT2D eigenvalue weighted by atomic mass is 10.0. The van der Waals surface area contributed by atoms with E-state index in [9.17, 15) is 4.79 Å². The quantitative estimate of drug-likeness (QED) is 0.793. The summed E-state index contributed by atoms with van der Waals surface area (Å²) in [5.74, 6) is 0.730. The molecule has 0 fully saturated rings.